The molecule has 0 saturated heterocycles. The fourth-order valence-electron chi connectivity index (χ4n) is 3.81. The molecule has 2 aliphatic rings. The highest BCUT2D eigenvalue weighted by atomic mass is 32.2. The van der Waals surface area contributed by atoms with E-state index in [9.17, 15) is 4.79 Å². The molecule has 0 saturated carbocycles. The number of carbonyl (C=O) groups is 1. The minimum absolute atomic E-state index is 0.267. The fourth-order valence-corrected chi connectivity index (χ4v) is 4.75. The van der Waals surface area contributed by atoms with Crippen molar-refractivity contribution in [1.29, 1.82) is 0 Å². The van der Waals surface area contributed by atoms with Crippen LogP contribution in [-0.4, -0.2) is 37.4 Å². The lowest BCUT2D eigenvalue weighted by atomic mass is 9.99. The lowest BCUT2D eigenvalue weighted by Crippen LogP contribution is -2.32. The van der Waals surface area contributed by atoms with Crippen LogP contribution in [0.15, 0.2) is 58.3 Å². The maximum absolute atomic E-state index is 12.2. The van der Waals surface area contributed by atoms with Gasteiger partial charge in [0.1, 0.15) is 0 Å². The van der Waals surface area contributed by atoms with Crippen molar-refractivity contribution in [2.24, 2.45) is 4.99 Å². The first-order valence-electron chi connectivity index (χ1n) is 10.7. The third-order valence-corrected chi connectivity index (χ3v) is 6.47. The van der Waals surface area contributed by atoms with Crippen LogP contribution in [0.3, 0.4) is 0 Å². The van der Waals surface area contributed by atoms with Crippen LogP contribution in [0.25, 0.3) is 5.70 Å². The largest absolute Gasteiger partial charge is 0.493 e. The van der Waals surface area contributed by atoms with Gasteiger partial charge in [0.25, 0.3) is 0 Å². The van der Waals surface area contributed by atoms with E-state index in [1.807, 2.05) is 54.3 Å². The van der Waals surface area contributed by atoms with E-state index in [2.05, 4.69) is 0 Å². The van der Waals surface area contributed by atoms with Crippen LogP contribution in [0, 0.1) is 0 Å². The molecule has 2 aromatic rings. The first kappa shape index (κ1) is 23.6. The number of benzene rings is 2. The fraction of sp³-hybridized carbons (Fsp3) is 0.280. The number of carbonyl (C=O) groups excluding carboxylic acids is 1. The number of nitrogens with two attached hydrogens (primary N) is 1. The number of amidine groups is 1. The Morgan fingerprint density at radius 3 is 2.29 bits per heavy atom. The van der Waals surface area contributed by atoms with Gasteiger partial charge in [-0.25, -0.2) is 4.99 Å². The predicted octanol–water partition coefficient (Wildman–Crippen LogP) is 4.94. The van der Waals surface area contributed by atoms with Gasteiger partial charge in [0.05, 0.1) is 38.0 Å². The molecule has 0 radical (unpaired) electrons. The van der Waals surface area contributed by atoms with Crippen LogP contribution >= 0.6 is 11.8 Å². The van der Waals surface area contributed by atoms with Crippen molar-refractivity contribution in [3.63, 3.8) is 0 Å². The first-order valence-corrected chi connectivity index (χ1v) is 11.6. The van der Waals surface area contributed by atoms with Crippen LogP contribution in [0.5, 0.6) is 17.2 Å². The summed E-state index contributed by atoms with van der Waals surface area (Å²) in [5, 5.41) is 0.712. The Bertz CT molecular complexity index is 1180. The number of rotatable bonds is 7. The van der Waals surface area contributed by atoms with E-state index in [4.69, 9.17) is 29.7 Å². The lowest BCUT2D eigenvalue weighted by Gasteiger charge is -2.33. The molecular formula is C25H27N3O5S. The molecule has 2 heterocycles. The highest BCUT2D eigenvalue weighted by molar-refractivity contribution is 8.17. The van der Waals surface area contributed by atoms with Gasteiger partial charge in [0, 0.05) is 17.7 Å². The Hall–Kier alpha value is -3.59. The van der Waals surface area contributed by atoms with E-state index in [1.54, 1.807) is 28.3 Å². The molecular weight excluding hydrogens is 454 g/mol. The second kappa shape index (κ2) is 9.72. The smallest absolute Gasteiger partial charge is 0.312 e. The number of ether oxygens (including phenoxy) is 4. The summed E-state index contributed by atoms with van der Waals surface area (Å²) in [6.07, 6.45) is 2.29. The average Bonchev–Trinajstić information content (AvgIpc) is 3.17. The molecule has 1 unspecified atom stereocenters. The molecule has 0 aliphatic carbocycles. The Morgan fingerprint density at radius 2 is 1.74 bits per heavy atom. The van der Waals surface area contributed by atoms with Gasteiger partial charge in [-0.2, -0.15) is 0 Å². The third-order valence-electron chi connectivity index (χ3n) is 5.51. The molecule has 2 N–H and O–H groups in total. The molecule has 9 heteroatoms. The highest BCUT2D eigenvalue weighted by Crippen LogP contribution is 2.48. The topological polar surface area (TPSA) is 95.6 Å². The number of hydrogen-bond donors (Lipinski definition) is 1. The number of nitrogens with zero attached hydrogens (tertiary/aromatic N) is 2. The maximum Gasteiger partial charge on any atom is 0.312 e. The quantitative estimate of drug-likeness (QED) is 0.439. The molecule has 1 atom stereocenters. The van der Waals surface area contributed by atoms with E-state index in [1.165, 1.54) is 11.8 Å². The molecule has 4 rings (SSSR count). The van der Waals surface area contributed by atoms with Gasteiger partial charge in [0.15, 0.2) is 16.7 Å². The minimum Gasteiger partial charge on any atom is -0.493 e. The van der Waals surface area contributed by atoms with Crippen molar-refractivity contribution >= 4 is 34.3 Å². The van der Waals surface area contributed by atoms with Crippen molar-refractivity contribution < 1.29 is 23.7 Å². The Kier molecular flexibility index (Phi) is 6.74. The number of allylic oxidation sites excluding steroid dienone is 1. The molecule has 0 aromatic heterocycles. The van der Waals surface area contributed by atoms with Crippen LogP contribution in [0.1, 0.15) is 37.4 Å². The van der Waals surface area contributed by atoms with E-state index in [0.29, 0.717) is 34.0 Å². The van der Waals surface area contributed by atoms with Gasteiger partial charge in [-0.1, -0.05) is 30.8 Å². The summed E-state index contributed by atoms with van der Waals surface area (Å²) in [5.74, 6) is 1.72. The molecule has 34 heavy (non-hydrogen) atoms. The van der Waals surface area contributed by atoms with E-state index >= 15 is 0 Å². The summed E-state index contributed by atoms with van der Waals surface area (Å²) in [6.45, 7) is 3.68. The van der Waals surface area contributed by atoms with Gasteiger partial charge < -0.3 is 24.7 Å². The second-order valence-corrected chi connectivity index (χ2v) is 8.81. The standard InChI is InChI=1S/C25H27N3O5S/c1-6-22(29)33-24-14(2)34-25-27-18(15-7-9-17(26)10-8-15)13-19(28(24)25)16-11-20(30-3)23(32-5)21(12-16)31-4/h7-13,19H,6,26H2,1-5H3. The number of anilines is 1. The molecule has 8 nitrogen and oxygen atoms in total. The van der Waals surface area contributed by atoms with Crippen LogP contribution < -0.4 is 19.9 Å². The normalized spacial score (nSPS) is 17.1. The molecule has 178 valence electrons. The van der Waals surface area contributed by atoms with Gasteiger partial charge in [-0.3, -0.25) is 9.69 Å². The van der Waals surface area contributed by atoms with Gasteiger partial charge in [-0.05, 0) is 42.8 Å². The first-order chi connectivity index (χ1) is 16.4. The summed E-state index contributed by atoms with van der Waals surface area (Å²) in [7, 11) is 4.72. The minimum atomic E-state index is -0.349. The Balaban J connectivity index is 1.88. The van der Waals surface area contributed by atoms with Crippen LogP contribution in [0.4, 0.5) is 5.69 Å². The number of hydrogen-bond acceptors (Lipinski definition) is 9. The van der Waals surface area contributed by atoms with Crippen LogP contribution in [0.2, 0.25) is 0 Å². The monoisotopic (exact) mass is 481 g/mol. The van der Waals surface area contributed by atoms with Gasteiger partial charge >= 0.3 is 5.97 Å². The van der Waals surface area contributed by atoms with Crippen molar-refractivity contribution in [1.82, 2.24) is 4.90 Å². The van der Waals surface area contributed by atoms with E-state index in [0.717, 1.165) is 21.7 Å². The zero-order valence-electron chi connectivity index (χ0n) is 19.7. The molecule has 0 spiro atoms. The molecule has 0 fully saturated rings. The SMILES string of the molecule is CCC(=O)OC1=C(C)SC2=NC(c3ccc(N)cc3)=CC(c3cc(OC)c(OC)c(OC)c3)N21. The molecule has 2 aliphatic heterocycles. The van der Waals surface area contributed by atoms with E-state index in [-0.39, 0.29) is 18.4 Å². The Morgan fingerprint density at radius 1 is 1.09 bits per heavy atom. The van der Waals surface area contributed by atoms with Crippen LogP contribution in [-0.2, 0) is 9.53 Å². The highest BCUT2D eigenvalue weighted by Gasteiger charge is 2.39. The Labute approximate surface area is 203 Å². The zero-order chi connectivity index (χ0) is 24.4. The second-order valence-electron chi connectivity index (χ2n) is 7.63. The molecule has 0 amide bonds. The van der Waals surface area contributed by atoms with Crippen molar-refractivity contribution in [2.75, 3.05) is 27.1 Å². The summed E-state index contributed by atoms with van der Waals surface area (Å²) in [4.78, 5) is 19.9. The predicted molar refractivity (Wildman–Crippen MR) is 134 cm³/mol. The molecule has 0 bridgehead atoms. The third kappa shape index (κ3) is 4.31. The van der Waals surface area contributed by atoms with Crippen molar-refractivity contribution in [3.05, 3.63) is 64.4 Å². The van der Waals surface area contributed by atoms with Crippen molar-refractivity contribution in [3.8, 4) is 17.2 Å². The van der Waals surface area contributed by atoms with Gasteiger partial charge in [0.2, 0.25) is 11.6 Å². The lowest BCUT2D eigenvalue weighted by molar-refractivity contribution is -0.141. The average molecular weight is 482 g/mol. The number of thioether (sulfide) groups is 1. The van der Waals surface area contributed by atoms with E-state index < -0.39 is 0 Å². The van der Waals surface area contributed by atoms with Gasteiger partial charge in [-0.15, -0.1) is 0 Å². The number of nitrogen functional groups attached to an aromatic ring is 1. The maximum atomic E-state index is 12.2. The number of fused-ring (bicyclic) bond motifs is 1. The summed E-state index contributed by atoms with van der Waals surface area (Å²) in [6, 6.07) is 11.0. The summed E-state index contributed by atoms with van der Waals surface area (Å²) < 4.78 is 22.4. The number of methoxy groups -OCH3 is 3. The number of esters is 1. The van der Waals surface area contributed by atoms with Crippen molar-refractivity contribution in [2.45, 2.75) is 26.3 Å². The summed E-state index contributed by atoms with van der Waals surface area (Å²) >= 11 is 1.46. The summed E-state index contributed by atoms with van der Waals surface area (Å²) in [5.41, 5.74) is 9.13. The zero-order valence-corrected chi connectivity index (χ0v) is 20.6. The molecule has 2 aromatic carbocycles. The number of aliphatic imine (C=N–C) groups is 1.